The van der Waals surface area contributed by atoms with E-state index in [0.29, 0.717) is 33.8 Å². The fourth-order valence-electron chi connectivity index (χ4n) is 6.12. The normalized spacial score (nSPS) is 27.8. The lowest BCUT2D eigenvalue weighted by atomic mass is 9.67. The SMILES string of the molecule is COC1=CC(OC)=C2C1=COC1(c3ccc(Br)cc3)C(c3cccc(F)c3)CC(NC(=O)CN(C)C)C21O. The van der Waals surface area contributed by atoms with Crippen molar-refractivity contribution >= 4 is 21.8 Å². The molecule has 0 spiro atoms. The molecule has 38 heavy (non-hydrogen) atoms. The predicted molar refractivity (Wildman–Crippen MR) is 143 cm³/mol. The highest BCUT2D eigenvalue weighted by molar-refractivity contribution is 9.10. The summed E-state index contributed by atoms with van der Waals surface area (Å²) in [5, 5.41) is 16.2. The van der Waals surface area contributed by atoms with Gasteiger partial charge in [0.25, 0.3) is 0 Å². The molecule has 1 fully saturated rings. The Morgan fingerprint density at radius 2 is 1.95 bits per heavy atom. The van der Waals surface area contributed by atoms with Crippen molar-refractivity contribution < 1.29 is 28.5 Å². The molecule has 4 atom stereocenters. The van der Waals surface area contributed by atoms with Crippen LogP contribution in [0.4, 0.5) is 4.39 Å². The number of methoxy groups -OCH3 is 2. The standard InChI is InChI=1S/C29H30BrFN2O5/c1-33(2)15-26(34)32-25-13-22(17-6-5-7-20(31)12-17)29(18-8-10-19(30)11-9-18)28(25,35)27-21(16-38-29)23(36-3)14-24(27)37-4/h5-12,14,16,22,25,35H,13,15H2,1-4H3,(H,32,34). The van der Waals surface area contributed by atoms with Crippen LogP contribution < -0.4 is 5.32 Å². The van der Waals surface area contributed by atoms with Gasteiger partial charge in [-0.2, -0.15) is 0 Å². The summed E-state index contributed by atoms with van der Waals surface area (Å²) < 4.78 is 33.4. The number of hydrogen-bond acceptors (Lipinski definition) is 6. The topological polar surface area (TPSA) is 80.3 Å². The van der Waals surface area contributed by atoms with Gasteiger partial charge in [-0.3, -0.25) is 4.79 Å². The summed E-state index contributed by atoms with van der Waals surface area (Å²) in [6, 6.07) is 13.0. The molecule has 0 radical (unpaired) electrons. The van der Waals surface area contributed by atoms with Crippen molar-refractivity contribution in [1.82, 2.24) is 10.2 Å². The fraction of sp³-hybridized carbons (Fsp3) is 0.345. The van der Waals surface area contributed by atoms with Crippen molar-refractivity contribution in [2.75, 3.05) is 34.9 Å². The van der Waals surface area contributed by atoms with Crippen LogP contribution in [0.1, 0.15) is 23.5 Å². The van der Waals surface area contributed by atoms with Gasteiger partial charge < -0.3 is 29.5 Å². The van der Waals surface area contributed by atoms with Crippen LogP contribution in [0.5, 0.6) is 0 Å². The summed E-state index contributed by atoms with van der Waals surface area (Å²) in [7, 11) is 6.65. The van der Waals surface area contributed by atoms with E-state index in [9.17, 15) is 14.3 Å². The molecule has 7 nitrogen and oxygen atoms in total. The number of aliphatic hydroxyl groups is 1. The van der Waals surface area contributed by atoms with Gasteiger partial charge in [0.2, 0.25) is 5.91 Å². The average Bonchev–Trinajstić information content (AvgIpc) is 3.38. The van der Waals surface area contributed by atoms with E-state index in [4.69, 9.17) is 14.2 Å². The number of nitrogens with zero attached hydrogens (tertiary/aromatic N) is 1. The summed E-state index contributed by atoms with van der Waals surface area (Å²) >= 11 is 3.49. The average molecular weight is 585 g/mol. The molecule has 1 amide bonds. The number of ether oxygens (including phenoxy) is 3. The Balaban J connectivity index is 1.79. The third-order valence-electron chi connectivity index (χ3n) is 7.58. The molecule has 3 aliphatic rings. The van der Waals surface area contributed by atoms with Crippen molar-refractivity contribution in [3.05, 3.63) is 105 Å². The lowest BCUT2D eigenvalue weighted by molar-refractivity contribution is -0.150. The number of hydrogen-bond donors (Lipinski definition) is 2. The molecule has 4 unspecified atom stereocenters. The number of likely N-dealkylation sites (N-methyl/N-ethyl adjacent to an activating group) is 1. The second kappa shape index (κ2) is 9.87. The van der Waals surface area contributed by atoms with E-state index in [1.165, 1.54) is 26.4 Å². The van der Waals surface area contributed by atoms with Crippen LogP contribution in [-0.2, 0) is 24.6 Å². The maximum absolute atomic E-state index is 14.5. The van der Waals surface area contributed by atoms with Gasteiger partial charge in [0.15, 0.2) is 11.2 Å². The first-order valence-corrected chi connectivity index (χ1v) is 13.1. The van der Waals surface area contributed by atoms with Gasteiger partial charge in [-0.25, -0.2) is 4.39 Å². The minimum Gasteiger partial charge on any atom is -0.496 e. The largest absolute Gasteiger partial charge is 0.496 e. The molecule has 2 N–H and O–H groups in total. The van der Waals surface area contributed by atoms with Crippen molar-refractivity contribution in [2.24, 2.45) is 0 Å². The fourth-order valence-corrected chi connectivity index (χ4v) is 6.38. The summed E-state index contributed by atoms with van der Waals surface area (Å²) in [6.07, 6.45) is 3.55. The number of fused-ring (bicyclic) bond motifs is 3. The first-order chi connectivity index (χ1) is 18.1. The summed E-state index contributed by atoms with van der Waals surface area (Å²) in [4.78, 5) is 14.9. The molecule has 2 aromatic rings. The van der Waals surface area contributed by atoms with E-state index in [0.717, 1.165) is 4.47 Å². The molecule has 1 aliphatic heterocycles. The van der Waals surface area contributed by atoms with Gasteiger partial charge >= 0.3 is 0 Å². The zero-order chi connectivity index (χ0) is 27.2. The van der Waals surface area contributed by atoms with E-state index in [1.54, 1.807) is 37.4 Å². The zero-order valence-electron chi connectivity index (χ0n) is 21.6. The van der Waals surface area contributed by atoms with Gasteiger partial charge in [-0.05, 0) is 55.9 Å². The van der Waals surface area contributed by atoms with Crippen LogP contribution in [0, 0.1) is 5.82 Å². The number of rotatable bonds is 7. The van der Waals surface area contributed by atoms with E-state index in [-0.39, 0.29) is 18.9 Å². The molecule has 0 bridgehead atoms. The van der Waals surface area contributed by atoms with Crippen molar-refractivity contribution in [3.8, 4) is 0 Å². The molecule has 200 valence electrons. The number of benzene rings is 2. The first kappa shape index (κ1) is 26.5. The van der Waals surface area contributed by atoms with Crippen LogP contribution in [0.15, 0.2) is 88.0 Å². The van der Waals surface area contributed by atoms with Crippen molar-refractivity contribution in [1.29, 1.82) is 0 Å². The zero-order valence-corrected chi connectivity index (χ0v) is 23.2. The Bertz CT molecular complexity index is 1350. The Morgan fingerprint density at radius 3 is 2.58 bits per heavy atom. The van der Waals surface area contributed by atoms with Crippen LogP contribution >= 0.6 is 15.9 Å². The van der Waals surface area contributed by atoms with E-state index in [1.807, 2.05) is 30.3 Å². The summed E-state index contributed by atoms with van der Waals surface area (Å²) in [6.45, 7) is 0.129. The number of carbonyl (C=O) groups excluding carboxylic acids is 1. The lowest BCUT2D eigenvalue weighted by Crippen LogP contribution is -2.63. The van der Waals surface area contributed by atoms with Gasteiger partial charge in [-0.15, -0.1) is 0 Å². The smallest absolute Gasteiger partial charge is 0.234 e. The number of nitrogens with one attached hydrogen (secondary N) is 1. The molecule has 2 aliphatic carbocycles. The third-order valence-corrected chi connectivity index (χ3v) is 8.11. The monoisotopic (exact) mass is 584 g/mol. The van der Waals surface area contributed by atoms with Crippen molar-refractivity contribution in [2.45, 2.75) is 29.6 Å². The van der Waals surface area contributed by atoms with Gasteiger partial charge in [-0.1, -0.05) is 40.2 Å². The van der Waals surface area contributed by atoms with Crippen molar-refractivity contribution in [3.63, 3.8) is 0 Å². The van der Waals surface area contributed by atoms with E-state index >= 15 is 0 Å². The van der Waals surface area contributed by atoms with Crippen LogP contribution in [-0.4, -0.2) is 62.4 Å². The van der Waals surface area contributed by atoms with E-state index in [2.05, 4.69) is 21.2 Å². The number of amides is 1. The lowest BCUT2D eigenvalue weighted by Gasteiger charge is -2.50. The van der Waals surface area contributed by atoms with Crippen LogP contribution in [0.2, 0.25) is 0 Å². The Morgan fingerprint density at radius 1 is 1.21 bits per heavy atom. The Hall–Kier alpha value is -3.14. The highest BCUT2D eigenvalue weighted by Crippen LogP contribution is 2.64. The minimum absolute atomic E-state index is 0.129. The molecule has 0 saturated heterocycles. The number of halogens is 2. The second-order valence-corrected chi connectivity index (χ2v) is 10.9. The van der Waals surface area contributed by atoms with Gasteiger partial charge in [0.05, 0.1) is 38.6 Å². The highest BCUT2D eigenvalue weighted by atomic mass is 79.9. The molecule has 0 aromatic heterocycles. The molecular weight excluding hydrogens is 555 g/mol. The number of allylic oxidation sites excluding steroid dienone is 2. The van der Waals surface area contributed by atoms with Gasteiger partial charge in [0.1, 0.15) is 17.3 Å². The molecule has 9 heteroatoms. The maximum Gasteiger partial charge on any atom is 0.234 e. The first-order valence-electron chi connectivity index (χ1n) is 12.3. The van der Waals surface area contributed by atoms with Crippen LogP contribution in [0.3, 0.4) is 0 Å². The van der Waals surface area contributed by atoms with Crippen LogP contribution in [0.25, 0.3) is 0 Å². The Kier molecular flexibility index (Phi) is 6.87. The molecule has 2 aromatic carbocycles. The Labute approximate surface area is 229 Å². The summed E-state index contributed by atoms with van der Waals surface area (Å²) in [5.41, 5.74) is -0.939. The van der Waals surface area contributed by atoms with Gasteiger partial charge in [0, 0.05) is 22.0 Å². The minimum atomic E-state index is -1.81. The quantitative estimate of drug-likeness (QED) is 0.510. The molecule has 1 heterocycles. The maximum atomic E-state index is 14.5. The number of carbonyl (C=O) groups is 1. The summed E-state index contributed by atoms with van der Waals surface area (Å²) in [5.74, 6) is -0.310. The molecule has 1 saturated carbocycles. The molecule has 5 rings (SSSR count). The predicted octanol–water partition coefficient (Wildman–Crippen LogP) is 4.11. The molecular formula is C29H30BrFN2O5. The van der Waals surface area contributed by atoms with E-state index < -0.39 is 29.0 Å². The second-order valence-electron chi connectivity index (χ2n) is 10.0. The highest BCUT2D eigenvalue weighted by Gasteiger charge is 2.72. The third kappa shape index (κ3) is 3.95.